The number of nitrogens with zero attached hydrogens (tertiary/aromatic N) is 1. The maximum absolute atomic E-state index is 3.56. The summed E-state index contributed by atoms with van der Waals surface area (Å²) in [6.07, 6.45) is 5.58. The zero-order valence-corrected chi connectivity index (χ0v) is 9.90. The van der Waals surface area contributed by atoms with Gasteiger partial charge in [-0.2, -0.15) is 0 Å². The number of nitrogens with one attached hydrogen (secondary N) is 1. The molecule has 1 saturated carbocycles. The summed E-state index contributed by atoms with van der Waals surface area (Å²) in [6.45, 7) is 8.58. The van der Waals surface area contributed by atoms with Gasteiger partial charge in [-0.3, -0.25) is 0 Å². The van der Waals surface area contributed by atoms with Crippen LogP contribution < -0.4 is 5.32 Å². The molecular weight excluding hydrogens is 172 g/mol. The minimum Gasteiger partial charge on any atom is -0.313 e. The number of likely N-dealkylation sites (tertiary alicyclic amines) is 1. The lowest BCUT2D eigenvalue weighted by molar-refractivity contribution is 0.00861. The summed E-state index contributed by atoms with van der Waals surface area (Å²) in [7, 11) is 2.14. The Labute approximate surface area is 88.1 Å². The predicted octanol–water partition coefficient (Wildman–Crippen LogP) is 1.86. The van der Waals surface area contributed by atoms with Gasteiger partial charge in [0.15, 0.2) is 0 Å². The molecule has 1 saturated heterocycles. The highest BCUT2D eigenvalue weighted by molar-refractivity contribution is 4.98. The van der Waals surface area contributed by atoms with E-state index in [4.69, 9.17) is 0 Å². The normalized spacial score (nSPS) is 30.2. The molecule has 2 aliphatic rings. The zero-order valence-electron chi connectivity index (χ0n) is 9.90. The van der Waals surface area contributed by atoms with E-state index in [1.54, 1.807) is 0 Å². The Morgan fingerprint density at radius 3 is 2.14 bits per heavy atom. The second kappa shape index (κ2) is 3.49. The van der Waals surface area contributed by atoms with Gasteiger partial charge in [-0.05, 0) is 25.3 Å². The van der Waals surface area contributed by atoms with Crippen molar-refractivity contribution < 1.29 is 0 Å². The van der Waals surface area contributed by atoms with Crippen molar-refractivity contribution in [3.8, 4) is 0 Å². The first kappa shape index (κ1) is 10.4. The minimum atomic E-state index is 0.455. The molecule has 0 amide bonds. The van der Waals surface area contributed by atoms with Gasteiger partial charge in [-0.1, -0.05) is 26.7 Å². The van der Waals surface area contributed by atoms with Crippen molar-refractivity contribution in [1.82, 2.24) is 10.2 Å². The third-order valence-corrected chi connectivity index (χ3v) is 3.92. The molecule has 2 heteroatoms. The van der Waals surface area contributed by atoms with Crippen molar-refractivity contribution in [3.63, 3.8) is 0 Å². The van der Waals surface area contributed by atoms with Gasteiger partial charge in [-0.15, -0.1) is 0 Å². The molecule has 0 radical (unpaired) electrons. The lowest BCUT2D eigenvalue weighted by atomic mass is 9.82. The summed E-state index contributed by atoms with van der Waals surface area (Å²) >= 11 is 0. The predicted molar refractivity (Wildman–Crippen MR) is 60.5 cm³/mol. The van der Waals surface area contributed by atoms with Gasteiger partial charge >= 0.3 is 0 Å². The van der Waals surface area contributed by atoms with Crippen LogP contribution in [0.1, 0.15) is 39.5 Å². The van der Waals surface area contributed by atoms with E-state index < -0.39 is 0 Å². The molecule has 0 aromatic carbocycles. The van der Waals surface area contributed by atoms with Gasteiger partial charge in [0.2, 0.25) is 0 Å². The van der Waals surface area contributed by atoms with E-state index in [0.29, 0.717) is 11.0 Å². The van der Waals surface area contributed by atoms with Crippen LogP contribution >= 0.6 is 0 Å². The molecule has 82 valence electrons. The standard InChI is InChI=1S/C12H24N2/c1-11(2)8-14(9-11)10-12(13-3)6-4-5-7-12/h13H,4-10H2,1-3H3. The summed E-state index contributed by atoms with van der Waals surface area (Å²) < 4.78 is 0. The van der Waals surface area contributed by atoms with E-state index in [-0.39, 0.29) is 0 Å². The van der Waals surface area contributed by atoms with Gasteiger partial charge in [0.05, 0.1) is 0 Å². The third-order valence-electron chi connectivity index (χ3n) is 3.92. The van der Waals surface area contributed by atoms with Crippen molar-refractivity contribution in [2.45, 2.75) is 45.1 Å². The fraction of sp³-hybridized carbons (Fsp3) is 1.00. The monoisotopic (exact) mass is 196 g/mol. The van der Waals surface area contributed by atoms with Crippen LogP contribution in [0.4, 0.5) is 0 Å². The summed E-state index contributed by atoms with van der Waals surface area (Å²) in [6, 6.07) is 0. The van der Waals surface area contributed by atoms with E-state index in [2.05, 4.69) is 31.1 Å². The maximum Gasteiger partial charge on any atom is 0.0306 e. The van der Waals surface area contributed by atoms with Gasteiger partial charge in [0, 0.05) is 25.2 Å². The van der Waals surface area contributed by atoms with Gasteiger partial charge in [0.25, 0.3) is 0 Å². The molecule has 0 bridgehead atoms. The molecule has 2 rings (SSSR count). The van der Waals surface area contributed by atoms with Crippen LogP contribution in [0, 0.1) is 5.41 Å². The summed E-state index contributed by atoms with van der Waals surface area (Å²) in [5, 5.41) is 3.56. The second-order valence-electron chi connectivity index (χ2n) is 6.05. The molecule has 2 nitrogen and oxygen atoms in total. The molecule has 1 heterocycles. The summed E-state index contributed by atoms with van der Waals surface area (Å²) in [4.78, 5) is 2.61. The van der Waals surface area contributed by atoms with Crippen LogP contribution in [-0.4, -0.2) is 37.1 Å². The quantitative estimate of drug-likeness (QED) is 0.741. The van der Waals surface area contributed by atoms with Crippen molar-refractivity contribution >= 4 is 0 Å². The number of hydrogen-bond donors (Lipinski definition) is 1. The van der Waals surface area contributed by atoms with Crippen LogP contribution in [0.5, 0.6) is 0 Å². The highest BCUT2D eigenvalue weighted by atomic mass is 15.2. The van der Waals surface area contributed by atoms with Crippen LogP contribution in [-0.2, 0) is 0 Å². The highest BCUT2D eigenvalue weighted by Gasteiger charge is 2.40. The van der Waals surface area contributed by atoms with E-state index in [1.807, 2.05) is 0 Å². The lowest BCUT2D eigenvalue weighted by Gasteiger charge is -2.49. The molecule has 1 aliphatic heterocycles. The number of likely N-dealkylation sites (N-methyl/N-ethyl adjacent to an activating group) is 1. The molecule has 0 spiro atoms. The van der Waals surface area contributed by atoms with Gasteiger partial charge in [0.1, 0.15) is 0 Å². The molecule has 1 N–H and O–H groups in total. The average molecular weight is 196 g/mol. The van der Waals surface area contributed by atoms with Crippen molar-refractivity contribution in [2.24, 2.45) is 5.41 Å². The van der Waals surface area contributed by atoms with E-state index in [0.717, 1.165) is 0 Å². The Kier molecular flexibility index (Phi) is 2.61. The third kappa shape index (κ3) is 1.96. The van der Waals surface area contributed by atoms with E-state index in [1.165, 1.54) is 45.3 Å². The Morgan fingerprint density at radius 2 is 1.71 bits per heavy atom. The average Bonchev–Trinajstić information content (AvgIpc) is 2.51. The van der Waals surface area contributed by atoms with Crippen molar-refractivity contribution in [2.75, 3.05) is 26.7 Å². The zero-order chi connectivity index (χ0) is 10.2. The molecule has 0 unspecified atom stereocenters. The van der Waals surface area contributed by atoms with E-state index >= 15 is 0 Å². The van der Waals surface area contributed by atoms with Crippen LogP contribution in [0.3, 0.4) is 0 Å². The van der Waals surface area contributed by atoms with Crippen molar-refractivity contribution in [3.05, 3.63) is 0 Å². The van der Waals surface area contributed by atoms with Gasteiger partial charge < -0.3 is 10.2 Å². The molecule has 0 aromatic rings. The van der Waals surface area contributed by atoms with E-state index in [9.17, 15) is 0 Å². The first-order chi connectivity index (χ1) is 6.55. The lowest BCUT2D eigenvalue weighted by Crippen LogP contribution is -2.60. The first-order valence-electron chi connectivity index (χ1n) is 5.97. The SMILES string of the molecule is CNC1(CN2CC(C)(C)C2)CCCC1. The largest absolute Gasteiger partial charge is 0.313 e. The Morgan fingerprint density at radius 1 is 1.14 bits per heavy atom. The molecule has 0 aromatic heterocycles. The molecular formula is C12H24N2. The molecule has 2 fully saturated rings. The Hall–Kier alpha value is -0.0800. The maximum atomic E-state index is 3.56. The van der Waals surface area contributed by atoms with Crippen molar-refractivity contribution in [1.29, 1.82) is 0 Å². The Balaban J connectivity index is 1.84. The number of rotatable bonds is 3. The first-order valence-corrected chi connectivity index (χ1v) is 5.97. The Bertz CT molecular complexity index is 196. The smallest absolute Gasteiger partial charge is 0.0306 e. The topological polar surface area (TPSA) is 15.3 Å². The second-order valence-corrected chi connectivity index (χ2v) is 6.05. The minimum absolute atomic E-state index is 0.455. The molecule has 14 heavy (non-hydrogen) atoms. The summed E-state index contributed by atoms with van der Waals surface area (Å²) in [5.41, 5.74) is 1.03. The molecule has 1 aliphatic carbocycles. The van der Waals surface area contributed by atoms with Crippen LogP contribution in [0.15, 0.2) is 0 Å². The fourth-order valence-corrected chi connectivity index (χ4v) is 3.24. The number of hydrogen-bond acceptors (Lipinski definition) is 2. The van der Waals surface area contributed by atoms with Crippen LogP contribution in [0.25, 0.3) is 0 Å². The van der Waals surface area contributed by atoms with Gasteiger partial charge in [-0.25, -0.2) is 0 Å². The summed E-state index contributed by atoms with van der Waals surface area (Å²) in [5.74, 6) is 0. The molecule has 0 atom stereocenters. The van der Waals surface area contributed by atoms with Crippen LogP contribution in [0.2, 0.25) is 0 Å². The fourth-order valence-electron chi connectivity index (χ4n) is 3.24. The highest BCUT2D eigenvalue weighted by Crippen LogP contribution is 2.35.